The molecule has 7 heteroatoms. The highest BCUT2D eigenvalue weighted by atomic mass is 19.4. The van der Waals surface area contributed by atoms with Gasteiger partial charge in [0.2, 0.25) is 5.88 Å². The van der Waals surface area contributed by atoms with Gasteiger partial charge in [-0.15, -0.1) is 0 Å². The van der Waals surface area contributed by atoms with Gasteiger partial charge in [0, 0.05) is 18.7 Å². The molecule has 2 heterocycles. The Balaban J connectivity index is 1.91. The molecule has 1 atom stereocenters. The molecule has 29 heavy (non-hydrogen) atoms. The Bertz CT molecular complexity index is 804. The van der Waals surface area contributed by atoms with Gasteiger partial charge in [0.25, 0.3) is 0 Å². The van der Waals surface area contributed by atoms with E-state index < -0.39 is 17.8 Å². The normalized spacial score (nSPS) is 17.9. The van der Waals surface area contributed by atoms with Crippen LogP contribution in [0.1, 0.15) is 45.6 Å². The van der Waals surface area contributed by atoms with Crippen molar-refractivity contribution >= 4 is 5.82 Å². The predicted octanol–water partition coefficient (Wildman–Crippen LogP) is 5.76. The molecule has 3 rings (SSSR count). The smallest absolute Gasteiger partial charge is 0.408 e. The average Bonchev–Trinajstić information content (AvgIpc) is 2.65. The summed E-state index contributed by atoms with van der Waals surface area (Å²) in [5.74, 6) is 0.922. The highest BCUT2D eigenvalue weighted by Crippen LogP contribution is 2.37. The molecule has 0 amide bonds. The largest absolute Gasteiger partial charge is 0.489 e. The number of aromatic nitrogens is 1. The van der Waals surface area contributed by atoms with Crippen LogP contribution in [0.3, 0.4) is 0 Å². The van der Waals surface area contributed by atoms with Crippen molar-refractivity contribution < 1.29 is 22.6 Å². The van der Waals surface area contributed by atoms with Crippen LogP contribution < -0.4 is 14.4 Å². The maximum absolute atomic E-state index is 13.6. The van der Waals surface area contributed by atoms with E-state index in [9.17, 15) is 13.2 Å². The molecule has 4 nitrogen and oxygen atoms in total. The van der Waals surface area contributed by atoms with Gasteiger partial charge in [-0.3, -0.25) is 0 Å². The molecule has 1 fully saturated rings. The summed E-state index contributed by atoms with van der Waals surface area (Å²) in [5, 5.41) is 0. The molecule has 0 radical (unpaired) electrons. The minimum Gasteiger partial charge on any atom is -0.489 e. The van der Waals surface area contributed by atoms with Crippen LogP contribution in [0.15, 0.2) is 42.5 Å². The fourth-order valence-corrected chi connectivity index (χ4v) is 3.35. The maximum atomic E-state index is 13.6. The van der Waals surface area contributed by atoms with Crippen molar-refractivity contribution in [1.29, 1.82) is 0 Å². The van der Waals surface area contributed by atoms with E-state index in [-0.39, 0.29) is 18.1 Å². The number of hydrogen-bond donors (Lipinski definition) is 0. The van der Waals surface area contributed by atoms with Crippen LogP contribution in [0.5, 0.6) is 11.6 Å². The summed E-state index contributed by atoms with van der Waals surface area (Å²) in [6, 6.07) is 11.2. The molecule has 0 bridgehead atoms. The summed E-state index contributed by atoms with van der Waals surface area (Å²) in [6.45, 7) is 6.21. The van der Waals surface area contributed by atoms with Gasteiger partial charge in [0.05, 0.1) is 0 Å². The zero-order valence-corrected chi connectivity index (χ0v) is 17.0. The molecule has 0 N–H and O–H groups in total. The van der Waals surface area contributed by atoms with E-state index in [0.717, 1.165) is 5.56 Å². The van der Waals surface area contributed by atoms with E-state index in [1.807, 2.05) is 51.1 Å². The molecule has 0 spiro atoms. The summed E-state index contributed by atoms with van der Waals surface area (Å²) >= 11 is 0. The Morgan fingerprint density at radius 2 is 1.79 bits per heavy atom. The van der Waals surface area contributed by atoms with Crippen LogP contribution in [0.2, 0.25) is 0 Å². The third-order valence-corrected chi connectivity index (χ3v) is 4.60. The van der Waals surface area contributed by atoms with Gasteiger partial charge in [-0.1, -0.05) is 30.3 Å². The summed E-state index contributed by atoms with van der Waals surface area (Å²) in [5.41, 5.74) is 0.434. The molecular weight excluding hydrogens is 381 g/mol. The van der Waals surface area contributed by atoms with Gasteiger partial charge in [-0.2, -0.15) is 18.2 Å². The van der Waals surface area contributed by atoms with E-state index >= 15 is 0 Å². The number of rotatable bonds is 5. The van der Waals surface area contributed by atoms with E-state index in [2.05, 4.69) is 4.98 Å². The minimum absolute atomic E-state index is 0.0652. The molecule has 1 aliphatic rings. The quantitative estimate of drug-likeness (QED) is 0.630. The summed E-state index contributed by atoms with van der Waals surface area (Å²) in [6.07, 6.45) is -3.00. The zero-order valence-electron chi connectivity index (χ0n) is 17.0. The van der Waals surface area contributed by atoms with Crippen LogP contribution in [0.4, 0.5) is 19.0 Å². The number of anilines is 1. The van der Waals surface area contributed by atoms with Crippen molar-refractivity contribution in [3.63, 3.8) is 0 Å². The van der Waals surface area contributed by atoms with Gasteiger partial charge in [-0.25, -0.2) is 0 Å². The fraction of sp³-hybridized carbons (Fsp3) is 0.500. The summed E-state index contributed by atoms with van der Waals surface area (Å²) in [7, 11) is 0. The van der Waals surface area contributed by atoms with Gasteiger partial charge in [-0.05, 0) is 45.6 Å². The Kier molecular flexibility index (Phi) is 6.24. The van der Waals surface area contributed by atoms with E-state index in [1.54, 1.807) is 12.1 Å². The van der Waals surface area contributed by atoms with E-state index in [0.29, 0.717) is 31.7 Å². The van der Waals surface area contributed by atoms with Crippen molar-refractivity contribution in [3.05, 3.63) is 48.0 Å². The number of pyridine rings is 1. The molecule has 1 aromatic carbocycles. The predicted molar refractivity (Wildman–Crippen MR) is 106 cm³/mol. The number of benzene rings is 1. The Labute approximate surface area is 169 Å². The van der Waals surface area contributed by atoms with Gasteiger partial charge in [0.1, 0.15) is 29.8 Å². The van der Waals surface area contributed by atoms with Crippen molar-refractivity contribution in [2.75, 3.05) is 11.4 Å². The standard InChI is InChI=1S/C22H27F3N2O2/c1-21(2,3)29-20-14-17(28-15-16-9-5-4-6-10-16)13-19(26-20)27-12-8-7-11-18(27)22(23,24)25/h4-6,9-10,13-14,18H,7-8,11-12,15H2,1-3H3. The Hall–Kier alpha value is -2.44. The molecular formula is C22H27F3N2O2. The average molecular weight is 408 g/mol. The maximum Gasteiger partial charge on any atom is 0.408 e. The number of halogens is 3. The first-order valence-corrected chi connectivity index (χ1v) is 9.83. The number of nitrogens with zero attached hydrogens (tertiary/aromatic N) is 2. The molecule has 2 aromatic rings. The van der Waals surface area contributed by atoms with Crippen molar-refractivity contribution in [1.82, 2.24) is 4.98 Å². The molecule has 1 aromatic heterocycles. The highest BCUT2D eigenvalue weighted by Gasteiger charge is 2.45. The van der Waals surface area contributed by atoms with Gasteiger partial charge >= 0.3 is 6.18 Å². The topological polar surface area (TPSA) is 34.6 Å². The molecule has 1 aliphatic heterocycles. The zero-order chi connectivity index (χ0) is 21.1. The minimum atomic E-state index is -4.31. The summed E-state index contributed by atoms with van der Waals surface area (Å²) in [4.78, 5) is 5.71. The van der Waals surface area contributed by atoms with Crippen molar-refractivity contribution in [2.45, 2.75) is 64.5 Å². The first-order valence-electron chi connectivity index (χ1n) is 9.83. The van der Waals surface area contributed by atoms with Crippen LogP contribution in [0.25, 0.3) is 0 Å². The lowest BCUT2D eigenvalue weighted by Gasteiger charge is -2.38. The van der Waals surface area contributed by atoms with Crippen LogP contribution in [-0.2, 0) is 6.61 Å². The molecule has 0 aliphatic carbocycles. The highest BCUT2D eigenvalue weighted by molar-refractivity contribution is 5.49. The second-order valence-corrected chi connectivity index (χ2v) is 8.23. The molecule has 1 saturated heterocycles. The molecule has 0 saturated carbocycles. The number of hydrogen-bond acceptors (Lipinski definition) is 4. The third kappa shape index (κ3) is 6.02. The van der Waals surface area contributed by atoms with Gasteiger partial charge in [0.15, 0.2) is 0 Å². The monoisotopic (exact) mass is 408 g/mol. The van der Waals surface area contributed by atoms with Crippen LogP contribution >= 0.6 is 0 Å². The van der Waals surface area contributed by atoms with E-state index in [1.165, 1.54) is 4.90 Å². The number of alkyl halides is 3. The van der Waals surface area contributed by atoms with Crippen molar-refractivity contribution in [3.8, 4) is 11.6 Å². The number of ether oxygens (including phenoxy) is 2. The lowest BCUT2D eigenvalue weighted by molar-refractivity contribution is -0.152. The fourth-order valence-electron chi connectivity index (χ4n) is 3.35. The van der Waals surface area contributed by atoms with E-state index in [4.69, 9.17) is 9.47 Å². The number of piperidine rings is 1. The lowest BCUT2D eigenvalue weighted by atomic mass is 10.0. The van der Waals surface area contributed by atoms with Crippen molar-refractivity contribution in [2.24, 2.45) is 0 Å². The third-order valence-electron chi connectivity index (χ3n) is 4.60. The summed E-state index contributed by atoms with van der Waals surface area (Å²) < 4.78 is 52.5. The molecule has 158 valence electrons. The first-order chi connectivity index (χ1) is 13.6. The van der Waals surface area contributed by atoms with Gasteiger partial charge < -0.3 is 14.4 Å². The Morgan fingerprint density at radius 1 is 1.07 bits per heavy atom. The van der Waals surface area contributed by atoms with Crippen LogP contribution in [0, 0.1) is 0 Å². The second-order valence-electron chi connectivity index (χ2n) is 8.23. The SMILES string of the molecule is CC(C)(C)Oc1cc(OCc2ccccc2)cc(N2CCCCC2C(F)(F)F)n1. The first kappa shape index (κ1) is 21.3. The second kappa shape index (κ2) is 8.51. The van der Waals surface area contributed by atoms with Crippen LogP contribution in [-0.4, -0.2) is 29.3 Å². The molecule has 1 unspecified atom stereocenters. The Morgan fingerprint density at radius 3 is 2.45 bits per heavy atom. The lowest BCUT2D eigenvalue weighted by Crippen LogP contribution is -2.49.